The highest BCUT2D eigenvalue weighted by Gasteiger charge is 2.26. The van der Waals surface area contributed by atoms with E-state index in [1.165, 1.54) is 0 Å². The Kier molecular flexibility index (Phi) is 5.37. The van der Waals surface area contributed by atoms with Crippen LogP contribution in [0.4, 0.5) is 0 Å². The van der Waals surface area contributed by atoms with Gasteiger partial charge in [0.05, 0.1) is 6.07 Å². The lowest BCUT2D eigenvalue weighted by atomic mass is 9.98. The molecule has 0 fully saturated rings. The lowest BCUT2D eigenvalue weighted by Gasteiger charge is -2.25. The molecule has 6 heteroatoms. The molecule has 0 radical (unpaired) electrons. The first-order chi connectivity index (χ1) is 7.99. The summed E-state index contributed by atoms with van der Waals surface area (Å²) in [5.41, 5.74) is -0.457. The van der Waals surface area contributed by atoms with Crippen molar-refractivity contribution in [2.24, 2.45) is 0 Å². The van der Waals surface area contributed by atoms with Crippen LogP contribution in [0.25, 0.3) is 0 Å². The fraction of sp³-hybridized carbons (Fsp3) is 0.727. The van der Waals surface area contributed by atoms with Gasteiger partial charge in [0.2, 0.25) is 0 Å². The summed E-state index contributed by atoms with van der Waals surface area (Å²) in [6.07, 6.45) is 0.792. The van der Waals surface area contributed by atoms with Crippen LogP contribution in [0.15, 0.2) is 4.34 Å². The standard InChI is InChI=1S/C11H18N4S2/c1-5-13-11(4,7-12)6-8(2)16-10-15-14-9(3)17-10/h8,13H,5-6H2,1-4H3. The Morgan fingerprint density at radius 1 is 1.59 bits per heavy atom. The second-order valence-electron chi connectivity index (χ2n) is 4.19. The molecule has 0 aliphatic carbocycles. The summed E-state index contributed by atoms with van der Waals surface area (Å²) in [4.78, 5) is 0. The lowest BCUT2D eigenvalue weighted by Crippen LogP contribution is -2.42. The first-order valence-corrected chi connectivity index (χ1v) is 7.31. The molecule has 1 aromatic heterocycles. The Balaban J connectivity index is 2.54. The monoisotopic (exact) mass is 270 g/mol. The van der Waals surface area contributed by atoms with Gasteiger partial charge < -0.3 is 0 Å². The number of nitrogens with zero attached hydrogens (tertiary/aromatic N) is 3. The summed E-state index contributed by atoms with van der Waals surface area (Å²) >= 11 is 3.29. The van der Waals surface area contributed by atoms with Gasteiger partial charge in [-0.2, -0.15) is 5.26 Å². The number of aromatic nitrogens is 2. The normalized spacial score (nSPS) is 16.2. The molecule has 0 aliphatic heterocycles. The minimum atomic E-state index is -0.457. The molecule has 4 nitrogen and oxygen atoms in total. The maximum atomic E-state index is 9.19. The summed E-state index contributed by atoms with van der Waals surface area (Å²) in [6, 6.07) is 2.34. The van der Waals surface area contributed by atoms with Crippen molar-refractivity contribution in [3.8, 4) is 6.07 Å². The molecule has 0 spiro atoms. The number of hydrogen-bond donors (Lipinski definition) is 1. The third kappa shape index (κ3) is 4.62. The minimum Gasteiger partial charge on any atom is -0.300 e. The van der Waals surface area contributed by atoms with Gasteiger partial charge in [0, 0.05) is 5.25 Å². The van der Waals surface area contributed by atoms with Crippen LogP contribution in [0.2, 0.25) is 0 Å². The second kappa shape index (κ2) is 6.34. The van der Waals surface area contributed by atoms with Crippen LogP contribution in [0.3, 0.4) is 0 Å². The lowest BCUT2D eigenvalue weighted by molar-refractivity contribution is 0.429. The molecule has 2 unspecified atom stereocenters. The molecule has 0 aromatic carbocycles. The molecule has 1 rings (SSSR count). The van der Waals surface area contributed by atoms with Crippen molar-refractivity contribution in [3.05, 3.63) is 5.01 Å². The number of thioether (sulfide) groups is 1. The van der Waals surface area contributed by atoms with Gasteiger partial charge in [-0.05, 0) is 26.8 Å². The first kappa shape index (κ1) is 14.4. The molecular weight excluding hydrogens is 252 g/mol. The van der Waals surface area contributed by atoms with Crippen LogP contribution in [0, 0.1) is 18.3 Å². The van der Waals surface area contributed by atoms with Gasteiger partial charge in [-0.15, -0.1) is 10.2 Å². The number of nitrogens with one attached hydrogen (secondary N) is 1. The molecule has 94 valence electrons. The predicted molar refractivity (Wildman–Crippen MR) is 72.3 cm³/mol. The molecule has 1 N–H and O–H groups in total. The summed E-state index contributed by atoms with van der Waals surface area (Å²) in [6.45, 7) is 8.83. The van der Waals surface area contributed by atoms with Crippen LogP contribution in [-0.2, 0) is 0 Å². The van der Waals surface area contributed by atoms with Crippen molar-refractivity contribution < 1.29 is 0 Å². The largest absolute Gasteiger partial charge is 0.300 e. The van der Waals surface area contributed by atoms with Crippen molar-refractivity contribution in [1.29, 1.82) is 5.26 Å². The zero-order valence-corrected chi connectivity index (χ0v) is 12.3. The molecule has 0 saturated carbocycles. The maximum absolute atomic E-state index is 9.19. The predicted octanol–water partition coefficient (Wildman–Crippen LogP) is 2.61. The van der Waals surface area contributed by atoms with E-state index in [2.05, 4.69) is 28.5 Å². The molecule has 0 bridgehead atoms. The molecule has 0 amide bonds. The Bertz CT molecular complexity index is 398. The summed E-state index contributed by atoms with van der Waals surface area (Å²) < 4.78 is 0.979. The SMILES string of the molecule is CCNC(C)(C#N)CC(C)Sc1nnc(C)s1. The zero-order valence-electron chi connectivity index (χ0n) is 10.6. The number of aryl methyl sites for hydroxylation is 1. The molecular formula is C11H18N4S2. The zero-order chi connectivity index (χ0) is 12.9. The fourth-order valence-electron chi connectivity index (χ4n) is 1.66. The number of nitriles is 1. The van der Waals surface area contributed by atoms with E-state index in [0.717, 1.165) is 22.3 Å². The second-order valence-corrected chi connectivity index (χ2v) is 7.06. The van der Waals surface area contributed by atoms with E-state index >= 15 is 0 Å². The Morgan fingerprint density at radius 2 is 2.29 bits per heavy atom. The van der Waals surface area contributed by atoms with Gasteiger partial charge in [0.25, 0.3) is 0 Å². The first-order valence-electron chi connectivity index (χ1n) is 5.62. The van der Waals surface area contributed by atoms with E-state index in [1.54, 1.807) is 23.1 Å². The van der Waals surface area contributed by atoms with Crippen LogP contribution in [-0.4, -0.2) is 27.5 Å². The Hall–Kier alpha value is -0.640. The number of hydrogen-bond acceptors (Lipinski definition) is 6. The summed E-state index contributed by atoms with van der Waals surface area (Å²) in [5.74, 6) is 0. The van der Waals surface area contributed by atoms with Crippen LogP contribution in [0.5, 0.6) is 0 Å². The molecule has 17 heavy (non-hydrogen) atoms. The Labute approximate surface area is 111 Å². The maximum Gasteiger partial charge on any atom is 0.174 e. The van der Waals surface area contributed by atoms with E-state index in [-0.39, 0.29) is 0 Å². The van der Waals surface area contributed by atoms with Gasteiger partial charge >= 0.3 is 0 Å². The van der Waals surface area contributed by atoms with Crippen molar-refractivity contribution in [3.63, 3.8) is 0 Å². The van der Waals surface area contributed by atoms with E-state index in [9.17, 15) is 5.26 Å². The minimum absolute atomic E-state index is 0.339. The van der Waals surface area contributed by atoms with Crippen molar-refractivity contribution in [1.82, 2.24) is 15.5 Å². The van der Waals surface area contributed by atoms with Gasteiger partial charge in [-0.1, -0.05) is 36.9 Å². The molecule has 1 heterocycles. The highest BCUT2D eigenvalue weighted by Crippen LogP contribution is 2.30. The van der Waals surface area contributed by atoms with Crippen molar-refractivity contribution in [2.75, 3.05) is 6.54 Å². The van der Waals surface area contributed by atoms with Crippen molar-refractivity contribution >= 4 is 23.1 Å². The fourth-order valence-corrected chi connectivity index (χ4v) is 3.97. The summed E-state index contributed by atoms with van der Waals surface area (Å²) in [7, 11) is 0. The summed E-state index contributed by atoms with van der Waals surface area (Å²) in [5, 5.41) is 21.8. The van der Waals surface area contributed by atoms with Crippen LogP contribution >= 0.6 is 23.1 Å². The van der Waals surface area contributed by atoms with Crippen molar-refractivity contribution in [2.45, 2.75) is 49.2 Å². The van der Waals surface area contributed by atoms with E-state index in [0.29, 0.717) is 5.25 Å². The third-order valence-electron chi connectivity index (χ3n) is 2.32. The highest BCUT2D eigenvalue weighted by molar-refractivity contribution is 8.01. The van der Waals surface area contributed by atoms with Crippen LogP contribution in [0.1, 0.15) is 32.2 Å². The molecule has 1 aromatic rings. The number of rotatable bonds is 6. The van der Waals surface area contributed by atoms with E-state index in [4.69, 9.17) is 0 Å². The van der Waals surface area contributed by atoms with Crippen LogP contribution < -0.4 is 5.32 Å². The third-order valence-corrected chi connectivity index (χ3v) is 4.34. The van der Waals surface area contributed by atoms with E-state index in [1.807, 2.05) is 20.8 Å². The van der Waals surface area contributed by atoms with Gasteiger partial charge in [-0.25, -0.2) is 0 Å². The topological polar surface area (TPSA) is 61.6 Å². The molecule has 2 atom stereocenters. The smallest absolute Gasteiger partial charge is 0.174 e. The van der Waals surface area contributed by atoms with Gasteiger partial charge in [-0.3, -0.25) is 5.32 Å². The highest BCUT2D eigenvalue weighted by atomic mass is 32.2. The average molecular weight is 270 g/mol. The Morgan fingerprint density at radius 3 is 2.76 bits per heavy atom. The molecule has 0 aliphatic rings. The average Bonchev–Trinajstić information content (AvgIpc) is 2.64. The van der Waals surface area contributed by atoms with E-state index < -0.39 is 5.54 Å². The quantitative estimate of drug-likeness (QED) is 0.805. The van der Waals surface area contributed by atoms with Gasteiger partial charge in [0.1, 0.15) is 10.5 Å². The molecule has 0 saturated heterocycles. The van der Waals surface area contributed by atoms with Gasteiger partial charge in [0.15, 0.2) is 4.34 Å².